The first-order valence-corrected chi connectivity index (χ1v) is 6.22. The Bertz CT molecular complexity index is 531. The molecule has 0 N–H and O–H groups in total. The molecule has 0 aliphatic carbocycles. The van der Waals surface area contributed by atoms with Gasteiger partial charge in [0.25, 0.3) is 5.69 Å². The van der Waals surface area contributed by atoms with Crippen LogP contribution in [0.5, 0.6) is 0 Å². The van der Waals surface area contributed by atoms with E-state index in [0.29, 0.717) is 18.8 Å². The number of rotatable bonds is 3. The van der Waals surface area contributed by atoms with Gasteiger partial charge in [-0.15, -0.1) is 0 Å². The van der Waals surface area contributed by atoms with Crippen molar-refractivity contribution in [2.45, 2.75) is 13.0 Å². The number of aryl methyl sites for hydroxylation is 1. The fraction of sp³-hybridized carbons (Fsp3) is 0.462. The maximum Gasteiger partial charge on any atom is 0.330 e. The van der Waals surface area contributed by atoms with Crippen LogP contribution in [0.15, 0.2) is 18.2 Å². The number of methoxy groups -OCH3 is 1. The number of morpholine rings is 1. The summed E-state index contributed by atoms with van der Waals surface area (Å²) >= 11 is 0. The van der Waals surface area contributed by atoms with E-state index in [-0.39, 0.29) is 12.3 Å². The first-order valence-electron chi connectivity index (χ1n) is 6.22. The number of esters is 1. The average molecular weight is 280 g/mol. The van der Waals surface area contributed by atoms with Crippen molar-refractivity contribution in [3.05, 3.63) is 33.9 Å². The van der Waals surface area contributed by atoms with Crippen molar-refractivity contribution in [1.82, 2.24) is 0 Å². The summed E-state index contributed by atoms with van der Waals surface area (Å²) in [5.74, 6) is -0.456. The Labute approximate surface area is 116 Å². The predicted molar refractivity (Wildman–Crippen MR) is 71.8 cm³/mol. The predicted octanol–water partition coefficient (Wildman–Crippen LogP) is 1.28. The van der Waals surface area contributed by atoms with Crippen LogP contribution in [0.2, 0.25) is 0 Å². The number of benzene rings is 1. The van der Waals surface area contributed by atoms with Gasteiger partial charge in [-0.25, -0.2) is 4.79 Å². The van der Waals surface area contributed by atoms with E-state index < -0.39 is 16.9 Å². The number of hydrogen-bond donors (Lipinski definition) is 0. The number of nitro groups is 1. The smallest absolute Gasteiger partial charge is 0.330 e. The van der Waals surface area contributed by atoms with Crippen molar-refractivity contribution >= 4 is 17.3 Å². The molecule has 0 radical (unpaired) electrons. The molecular formula is C13H16N2O5. The van der Waals surface area contributed by atoms with Crippen LogP contribution in [0.25, 0.3) is 0 Å². The van der Waals surface area contributed by atoms with Crippen molar-refractivity contribution in [3.63, 3.8) is 0 Å². The number of hydrogen-bond acceptors (Lipinski definition) is 6. The summed E-state index contributed by atoms with van der Waals surface area (Å²) in [5.41, 5.74) is 1.19. The monoisotopic (exact) mass is 280 g/mol. The number of nitrogens with zero attached hydrogens (tertiary/aromatic N) is 2. The van der Waals surface area contributed by atoms with Gasteiger partial charge in [0.05, 0.1) is 25.2 Å². The fourth-order valence-electron chi connectivity index (χ4n) is 2.37. The van der Waals surface area contributed by atoms with Gasteiger partial charge in [-0.2, -0.15) is 0 Å². The number of anilines is 1. The number of carbonyl (C=O) groups is 1. The van der Waals surface area contributed by atoms with Gasteiger partial charge in [-0.1, -0.05) is 12.1 Å². The Morgan fingerprint density at radius 2 is 2.30 bits per heavy atom. The van der Waals surface area contributed by atoms with Crippen LogP contribution in [0.1, 0.15) is 5.56 Å². The van der Waals surface area contributed by atoms with Crippen molar-refractivity contribution in [1.29, 1.82) is 0 Å². The van der Waals surface area contributed by atoms with E-state index in [0.717, 1.165) is 5.56 Å². The van der Waals surface area contributed by atoms with Crippen LogP contribution in [0.3, 0.4) is 0 Å². The Balaban J connectivity index is 2.47. The van der Waals surface area contributed by atoms with Gasteiger partial charge < -0.3 is 14.4 Å². The van der Waals surface area contributed by atoms with E-state index in [1.165, 1.54) is 13.2 Å². The summed E-state index contributed by atoms with van der Waals surface area (Å²) in [7, 11) is 1.29. The maximum absolute atomic E-state index is 11.8. The molecule has 2 rings (SSSR count). The van der Waals surface area contributed by atoms with E-state index >= 15 is 0 Å². The zero-order chi connectivity index (χ0) is 14.7. The molecule has 1 atom stereocenters. The average Bonchev–Trinajstić information content (AvgIpc) is 2.46. The second kappa shape index (κ2) is 5.87. The molecule has 0 bridgehead atoms. The van der Waals surface area contributed by atoms with Gasteiger partial charge >= 0.3 is 5.97 Å². The maximum atomic E-state index is 11.8. The summed E-state index contributed by atoms with van der Waals surface area (Å²) in [5, 5.41) is 11.2. The zero-order valence-corrected chi connectivity index (χ0v) is 11.4. The van der Waals surface area contributed by atoms with Crippen LogP contribution in [-0.2, 0) is 14.3 Å². The first kappa shape index (κ1) is 14.3. The summed E-state index contributed by atoms with van der Waals surface area (Å²) in [6.07, 6.45) is 0. The second-order valence-corrected chi connectivity index (χ2v) is 4.51. The fourth-order valence-corrected chi connectivity index (χ4v) is 2.37. The van der Waals surface area contributed by atoms with E-state index in [2.05, 4.69) is 0 Å². The molecule has 0 spiro atoms. The third kappa shape index (κ3) is 2.57. The highest BCUT2D eigenvalue weighted by molar-refractivity contribution is 5.83. The first-order chi connectivity index (χ1) is 9.56. The minimum absolute atomic E-state index is 0.0131. The lowest BCUT2D eigenvalue weighted by atomic mass is 10.1. The molecule has 7 heteroatoms. The minimum Gasteiger partial charge on any atom is -0.467 e. The second-order valence-electron chi connectivity index (χ2n) is 4.51. The quantitative estimate of drug-likeness (QED) is 0.471. The molecule has 1 fully saturated rings. The molecule has 1 aromatic rings. The minimum atomic E-state index is -0.659. The van der Waals surface area contributed by atoms with Gasteiger partial charge in [0.2, 0.25) is 0 Å². The number of carbonyl (C=O) groups excluding carboxylic acids is 1. The summed E-state index contributed by atoms with van der Waals surface area (Å²) in [6, 6.07) is 4.19. The van der Waals surface area contributed by atoms with Crippen LogP contribution >= 0.6 is 0 Å². The Hall–Kier alpha value is -2.15. The molecule has 1 unspecified atom stereocenters. The molecular weight excluding hydrogens is 264 g/mol. The van der Waals surface area contributed by atoms with Gasteiger partial charge in [0.15, 0.2) is 6.04 Å². The highest BCUT2D eigenvalue weighted by atomic mass is 16.6. The van der Waals surface area contributed by atoms with E-state index in [4.69, 9.17) is 9.47 Å². The topological polar surface area (TPSA) is 81.9 Å². The Kier molecular flexibility index (Phi) is 4.19. The van der Waals surface area contributed by atoms with E-state index in [1.54, 1.807) is 24.0 Å². The molecule has 0 aromatic heterocycles. The molecule has 1 heterocycles. The van der Waals surface area contributed by atoms with Crippen LogP contribution < -0.4 is 4.90 Å². The molecule has 1 saturated heterocycles. The lowest BCUT2D eigenvalue weighted by Gasteiger charge is -2.35. The van der Waals surface area contributed by atoms with Gasteiger partial charge in [-0.05, 0) is 12.5 Å². The number of para-hydroxylation sites is 1. The van der Waals surface area contributed by atoms with Crippen molar-refractivity contribution in [2.75, 3.05) is 31.8 Å². The normalized spacial score (nSPS) is 18.7. The van der Waals surface area contributed by atoms with Crippen LogP contribution in [0.4, 0.5) is 11.4 Å². The lowest BCUT2D eigenvalue weighted by Crippen LogP contribution is -2.51. The molecule has 1 aromatic carbocycles. The van der Waals surface area contributed by atoms with Crippen LogP contribution in [-0.4, -0.2) is 43.8 Å². The van der Waals surface area contributed by atoms with Crippen molar-refractivity contribution in [3.8, 4) is 0 Å². The largest absolute Gasteiger partial charge is 0.467 e. The Morgan fingerprint density at radius 3 is 2.95 bits per heavy atom. The molecule has 1 aliphatic rings. The molecule has 108 valence electrons. The summed E-state index contributed by atoms with van der Waals surface area (Å²) in [4.78, 5) is 24.3. The van der Waals surface area contributed by atoms with Gasteiger partial charge in [-0.3, -0.25) is 10.1 Å². The van der Waals surface area contributed by atoms with Crippen molar-refractivity contribution in [2.24, 2.45) is 0 Å². The van der Waals surface area contributed by atoms with Gasteiger partial charge in [0.1, 0.15) is 5.69 Å². The highest BCUT2D eigenvalue weighted by Crippen LogP contribution is 2.33. The lowest BCUT2D eigenvalue weighted by molar-refractivity contribution is -0.384. The molecule has 0 saturated carbocycles. The summed E-state index contributed by atoms with van der Waals surface area (Å²) < 4.78 is 10.0. The zero-order valence-electron chi connectivity index (χ0n) is 11.4. The van der Waals surface area contributed by atoms with E-state index in [9.17, 15) is 14.9 Å². The number of nitro benzene ring substituents is 1. The van der Waals surface area contributed by atoms with Crippen molar-refractivity contribution < 1.29 is 19.2 Å². The molecule has 1 aliphatic heterocycles. The van der Waals surface area contributed by atoms with Crippen LogP contribution in [0, 0.1) is 17.0 Å². The summed E-state index contributed by atoms with van der Waals surface area (Å²) in [6.45, 7) is 2.77. The standard InChI is InChI=1S/C13H16N2O5/c1-9-4-3-5-10(15(17)18)12(9)14-6-7-20-8-11(14)13(16)19-2/h3-5,11H,6-8H2,1-2H3. The molecule has 20 heavy (non-hydrogen) atoms. The highest BCUT2D eigenvalue weighted by Gasteiger charge is 2.34. The van der Waals surface area contributed by atoms with E-state index in [1.807, 2.05) is 0 Å². The number of ether oxygens (including phenoxy) is 2. The van der Waals surface area contributed by atoms with Gasteiger partial charge in [0, 0.05) is 12.6 Å². The third-order valence-corrected chi connectivity index (χ3v) is 3.30. The molecule has 0 amide bonds. The Morgan fingerprint density at radius 1 is 1.55 bits per heavy atom. The third-order valence-electron chi connectivity index (χ3n) is 3.30. The molecule has 7 nitrogen and oxygen atoms in total. The SMILES string of the molecule is COC(=O)C1COCCN1c1c(C)cccc1[N+](=O)[O-].